The van der Waals surface area contributed by atoms with Gasteiger partial charge in [-0.25, -0.2) is 0 Å². The van der Waals surface area contributed by atoms with Crippen LogP contribution in [0.2, 0.25) is 0 Å². The van der Waals surface area contributed by atoms with Gasteiger partial charge in [-0.15, -0.1) is 0 Å². The highest BCUT2D eigenvalue weighted by molar-refractivity contribution is 5.81. The Balaban J connectivity index is 1.40. The summed E-state index contributed by atoms with van der Waals surface area (Å²) in [5.41, 5.74) is 0.877. The first-order valence-corrected chi connectivity index (χ1v) is 8.65. The van der Waals surface area contributed by atoms with Crippen molar-refractivity contribution in [1.82, 2.24) is 10.3 Å². The molecule has 1 unspecified atom stereocenters. The lowest BCUT2D eigenvalue weighted by Gasteiger charge is -2.13. The van der Waals surface area contributed by atoms with Gasteiger partial charge >= 0.3 is 0 Å². The zero-order valence-electron chi connectivity index (χ0n) is 15.0. The van der Waals surface area contributed by atoms with E-state index in [2.05, 4.69) is 22.1 Å². The van der Waals surface area contributed by atoms with Gasteiger partial charge < -0.3 is 14.8 Å². The lowest BCUT2D eigenvalue weighted by atomic mass is 10.2. The number of hydrogen-bond donors (Lipinski definition) is 1. The number of amides is 1. The standard InChI is InChI=1S/C22H20N2O3/c1-17(27-19-9-3-2-4-10-19)22(25)24-13-5-6-15-26-20-12-11-18-8-7-14-23-21(18)16-20/h2-4,7-12,14,16-17H,13,15H2,1H3,(H,24,25). The number of ether oxygens (including phenoxy) is 2. The van der Waals surface area contributed by atoms with E-state index >= 15 is 0 Å². The van der Waals surface area contributed by atoms with Crippen LogP contribution in [0.5, 0.6) is 11.5 Å². The van der Waals surface area contributed by atoms with Crippen molar-refractivity contribution >= 4 is 16.8 Å². The number of nitrogens with zero attached hydrogens (tertiary/aromatic N) is 1. The average molecular weight is 360 g/mol. The van der Waals surface area contributed by atoms with Crippen molar-refractivity contribution in [2.45, 2.75) is 13.0 Å². The van der Waals surface area contributed by atoms with Crippen LogP contribution in [-0.4, -0.2) is 30.1 Å². The molecule has 0 radical (unpaired) electrons. The third-order valence-corrected chi connectivity index (χ3v) is 3.79. The minimum Gasteiger partial charge on any atom is -0.481 e. The number of para-hydroxylation sites is 1. The van der Waals surface area contributed by atoms with Crippen LogP contribution in [0.1, 0.15) is 6.92 Å². The maximum Gasteiger partial charge on any atom is 0.261 e. The van der Waals surface area contributed by atoms with Gasteiger partial charge in [0, 0.05) is 17.6 Å². The maximum absolute atomic E-state index is 12.0. The number of pyridine rings is 1. The normalized spacial score (nSPS) is 11.1. The number of benzene rings is 2. The van der Waals surface area contributed by atoms with Gasteiger partial charge in [-0.3, -0.25) is 9.78 Å². The summed E-state index contributed by atoms with van der Waals surface area (Å²) in [7, 11) is 0. The highest BCUT2D eigenvalue weighted by Gasteiger charge is 2.13. The molecule has 1 heterocycles. The van der Waals surface area contributed by atoms with Crippen LogP contribution < -0.4 is 14.8 Å². The molecule has 5 nitrogen and oxygen atoms in total. The van der Waals surface area contributed by atoms with Gasteiger partial charge in [-0.2, -0.15) is 0 Å². The first kappa shape index (κ1) is 18.3. The molecule has 27 heavy (non-hydrogen) atoms. The van der Waals surface area contributed by atoms with Crippen LogP contribution in [0, 0.1) is 11.8 Å². The number of rotatable bonds is 6. The zero-order valence-corrected chi connectivity index (χ0v) is 15.0. The Hall–Kier alpha value is -3.52. The summed E-state index contributed by atoms with van der Waals surface area (Å²) < 4.78 is 11.2. The second-order valence-corrected chi connectivity index (χ2v) is 5.79. The maximum atomic E-state index is 12.0. The first-order chi connectivity index (χ1) is 13.2. The number of aromatic nitrogens is 1. The second kappa shape index (κ2) is 9.25. The molecule has 0 saturated heterocycles. The van der Waals surface area contributed by atoms with E-state index in [1.165, 1.54) is 0 Å². The van der Waals surface area contributed by atoms with E-state index in [4.69, 9.17) is 9.47 Å². The van der Waals surface area contributed by atoms with Crippen molar-refractivity contribution in [1.29, 1.82) is 0 Å². The van der Waals surface area contributed by atoms with E-state index in [9.17, 15) is 4.79 Å². The van der Waals surface area contributed by atoms with Crippen LogP contribution in [-0.2, 0) is 4.79 Å². The highest BCUT2D eigenvalue weighted by Crippen LogP contribution is 2.18. The average Bonchev–Trinajstić information content (AvgIpc) is 2.71. The molecule has 0 saturated carbocycles. The molecule has 1 aromatic heterocycles. The molecule has 1 amide bonds. The van der Waals surface area contributed by atoms with Crippen LogP contribution in [0.25, 0.3) is 10.9 Å². The van der Waals surface area contributed by atoms with Crippen molar-refractivity contribution in [3.8, 4) is 23.3 Å². The van der Waals surface area contributed by atoms with E-state index in [1.54, 1.807) is 13.1 Å². The van der Waals surface area contributed by atoms with E-state index in [-0.39, 0.29) is 19.1 Å². The number of carbonyl (C=O) groups is 1. The summed E-state index contributed by atoms with van der Waals surface area (Å²) in [4.78, 5) is 16.3. The SMILES string of the molecule is CC(Oc1ccccc1)C(=O)NCC#CCOc1ccc2cccnc2c1. The number of fused-ring (bicyclic) bond motifs is 1. The molecule has 1 N–H and O–H groups in total. The molecule has 0 aliphatic rings. The molecule has 3 aromatic rings. The fourth-order valence-electron chi connectivity index (χ4n) is 2.40. The summed E-state index contributed by atoms with van der Waals surface area (Å²) in [5.74, 6) is 6.90. The molecule has 0 aliphatic carbocycles. The van der Waals surface area contributed by atoms with Gasteiger partial charge in [0.05, 0.1) is 12.1 Å². The number of hydrogen-bond acceptors (Lipinski definition) is 4. The third-order valence-electron chi connectivity index (χ3n) is 3.79. The molecular formula is C22H20N2O3. The van der Waals surface area contributed by atoms with Gasteiger partial charge in [0.25, 0.3) is 5.91 Å². The van der Waals surface area contributed by atoms with Gasteiger partial charge in [0.15, 0.2) is 6.10 Å². The molecule has 5 heteroatoms. The van der Waals surface area contributed by atoms with Gasteiger partial charge in [0.2, 0.25) is 0 Å². The predicted octanol–water partition coefficient (Wildman–Crippen LogP) is 3.20. The first-order valence-electron chi connectivity index (χ1n) is 8.65. The fraction of sp³-hybridized carbons (Fsp3) is 0.182. The largest absolute Gasteiger partial charge is 0.481 e. The summed E-state index contributed by atoms with van der Waals surface area (Å²) >= 11 is 0. The Morgan fingerprint density at radius 1 is 1.07 bits per heavy atom. The lowest BCUT2D eigenvalue weighted by Crippen LogP contribution is -2.36. The number of nitrogens with one attached hydrogen (secondary N) is 1. The topological polar surface area (TPSA) is 60.5 Å². The van der Waals surface area contributed by atoms with E-state index in [0.717, 1.165) is 10.9 Å². The molecule has 1 atom stereocenters. The Bertz CT molecular complexity index is 961. The second-order valence-electron chi connectivity index (χ2n) is 5.79. The molecule has 0 bridgehead atoms. The molecule has 2 aromatic carbocycles. The van der Waals surface area contributed by atoms with Crippen molar-refractivity contribution in [3.05, 3.63) is 66.9 Å². The van der Waals surface area contributed by atoms with E-state index in [1.807, 2.05) is 60.7 Å². The summed E-state index contributed by atoms with van der Waals surface area (Å²) in [6, 6.07) is 18.8. The van der Waals surface area contributed by atoms with Crippen molar-refractivity contribution < 1.29 is 14.3 Å². The summed E-state index contributed by atoms with van der Waals surface area (Å²) in [6.07, 6.45) is 1.16. The van der Waals surface area contributed by atoms with Crippen LogP contribution in [0.3, 0.4) is 0 Å². The Kier molecular flexibility index (Phi) is 6.26. The lowest BCUT2D eigenvalue weighted by molar-refractivity contribution is -0.126. The minimum absolute atomic E-state index is 0.213. The molecule has 3 rings (SSSR count). The van der Waals surface area contributed by atoms with E-state index in [0.29, 0.717) is 11.5 Å². The Morgan fingerprint density at radius 3 is 2.78 bits per heavy atom. The summed E-state index contributed by atoms with van der Waals surface area (Å²) in [6.45, 7) is 2.18. The monoisotopic (exact) mass is 360 g/mol. The summed E-state index contributed by atoms with van der Waals surface area (Å²) in [5, 5.41) is 3.78. The van der Waals surface area contributed by atoms with Crippen LogP contribution in [0.15, 0.2) is 66.9 Å². The fourth-order valence-corrected chi connectivity index (χ4v) is 2.40. The van der Waals surface area contributed by atoms with Crippen molar-refractivity contribution in [2.75, 3.05) is 13.2 Å². The van der Waals surface area contributed by atoms with Gasteiger partial charge in [-0.05, 0) is 37.3 Å². The molecule has 0 aliphatic heterocycles. The quantitative estimate of drug-likeness (QED) is 0.686. The molecule has 0 fully saturated rings. The van der Waals surface area contributed by atoms with Gasteiger partial charge in [-0.1, -0.05) is 36.1 Å². The Morgan fingerprint density at radius 2 is 1.93 bits per heavy atom. The Labute approximate surface area is 158 Å². The zero-order chi connectivity index (χ0) is 18.9. The van der Waals surface area contributed by atoms with Crippen LogP contribution >= 0.6 is 0 Å². The highest BCUT2D eigenvalue weighted by atomic mass is 16.5. The minimum atomic E-state index is -0.587. The molecule has 136 valence electrons. The predicted molar refractivity (Wildman–Crippen MR) is 105 cm³/mol. The van der Waals surface area contributed by atoms with Crippen molar-refractivity contribution in [3.63, 3.8) is 0 Å². The van der Waals surface area contributed by atoms with Gasteiger partial charge in [0.1, 0.15) is 18.1 Å². The number of carbonyl (C=O) groups excluding carboxylic acids is 1. The van der Waals surface area contributed by atoms with Crippen LogP contribution in [0.4, 0.5) is 0 Å². The molecule has 0 spiro atoms. The smallest absolute Gasteiger partial charge is 0.261 e. The van der Waals surface area contributed by atoms with Crippen molar-refractivity contribution in [2.24, 2.45) is 0 Å². The van der Waals surface area contributed by atoms with E-state index < -0.39 is 6.10 Å². The third kappa shape index (κ3) is 5.48. The molecular weight excluding hydrogens is 340 g/mol.